The standard InChI is InChI=1S/C15H25FN2/c1-10(2)9-11(3)18(5)14-8-6-7-13(16)15(14)12(4)17/h6-8,10-12H,9,17H2,1-5H3/t11?,12-/m1/s1. The second-order valence-electron chi connectivity index (χ2n) is 5.55. The molecule has 102 valence electrons. The van der Waals surface area contributed by atoms with E-state index in [1.165, 1.54) is 6.07 Å². The van der Waals surface area contributed by atoms with Crippen molar-refractivity contribution in [1.29, 1.82) is 0 Å². The summed E-state index contributed by atoms with van der Waals surface area (Å²) in [5, 5.41) is 0. The number of benzene rings is 1. The first kappa shape index (κ1) is 15.0. The molecule has 0 saturated carbocycles. The SMILES string of the molecule is CC(C)CC(C)N(C)c1cccc(F)c1[C@@H](C)N. The molecule has 0 spiro atoms. The number of hydrogen-bond donors (Lipinski definition) is 1. The van der Waals surface area contributed by atoms with Crippen molar-refractivity contribution in [2.24, 2.45) is 11.7 Å². The molecule has 2 N–H and O–H groups in total. The first-order chi connectivity index (χ1) is 8.34. The van der Waals surface area contributed by atoms with Crippen molar-refractivity contribution in [3.63, 3.8) is 0 Å². The minimum Gasteiger partial charge on any atom is -0.372 e. The van der Waals surface area contributed by atoms with Crippen LogP contribution < -0.4 is 10.6 Å². The summed E-state index contributed by atoms with van der Waals surface area (Å²) in [6, 6.07) is 5.23. The van der Waals surface area contributed by atoms with Crippen LogP contribution in [-0.2, 0) is 0 Å². The van der Waals surface area contributed by atoms with E-state index in [-0.39, 0.29) is 11.9 Å². The number of nitrogens with zero attached hydrogens (tertiary/aromatic N) is 1. The zero-order valence-electron chi connectivity index (χ0n) is 12.1. The van der Waals surface area contributed by atoms with Crippen LogP contribution in [0.1, 0.15) is 45.7 Å². The van der Waals surface area contributed by atoms with E-state index in [1.807, 2.05) is 20.0 Å². The highest BCUT2D eigenvalue weighted by molar-refractivity contribution is 5.55. The van der Waals surface area contributed by atoms with Crippen LogP contribution in [0, 0.1) is 11.7 Å². The van der Waals surface area contributed by atoms with Gasteiger partial charge < -0.3 is 10.6 Å². The molecule has 0 saturated heterocycles. The van der Waals surface area contributed by atoms with Crippen molar-refractivity contribution in [1.82, 2.24) is 0 Å². The van der Waals surface area contributed by atoms with Crippen LogP contribution in [0.5, 0.6) is 0 Å². The Hall–Kier alpha value is -1.09. The van der Waals surface area contributed by atoms with Gasteiger partial charge in [-0.05, 0) is 38.3 Å². The smallest absolute Gasteiger partial charge is 0.130 e. The molecule has 0 radical (unpaired) electrons. The maximum absolute atomic E-state index is 13.9. The third kappa shape index (κ3) is 3.45. The van der Waals surface area contributed by atoms with Gasteiger partial charge in [-0.15, -0.1) is 0 Å². The van der Waals surface area contributed by atoms with Gasteiger partial charge in [0, 0.05) is 30.4 Å². The molecule has 3 heteroatoms. The van der Waals surface area contributed by atoms with Crippen LogP contribution >= 0.6 is 0 Å². The Morgan fingerprint density at radius 3 is 2.33 bits per heavy atom. The predicted octanol–water partition coefficient (Wildman–Crippen LogP) is 3.72. The average Bonchev–Trinajstić information content (AvgIpc) is 2.26. The minimum atomic E-state index is -0.296. The number of halogens is 1. The maximum Gasteiger partial charge on any atom is 0.130 e. The molecule has 0 amide bonds. The zero-order valence-corrected chi connectivity index (χ0v) is 12.1. The highest BCUT2D eigenvalue weighted by atomic mass is 19.1. The molecule has 1 unspecified atom stereocenters. The molecule has 18 heavy (non-hydrogen) atoms. The van der Waals surface area contributed by atoms with Crippen LogP contribution in [-0.4, -0.2) is 13.1 Å². The number of rotatable bonds is 5. The van der Waals surface area contributed by atoms with E-state index in [2.05, 4.69) is 25.7 Å². The largest absolute Gasteiger partial charge is 0.372 e. The first-order valence-corrected chi connectivity index (χ1v) is 6.61. The fourth-order valence-electron chi connectivity index (χ4n) is 2.36. The summed E-state index contributed by atoms with van der Waals surface area (Å²) in [4.78, 5) is 2.13. The van der Waals surface area contributed by atoms with Crippen molar-refractivity contribution >= 4 is 5.69 Å². The molecule has 0 aliphatic heterocycles. The van der Waals surface area contributed by atoms with Gasteiger partial charge in [-0.3, -0.25) is 0 Å². The Bertz CT molecular complexity index is 388. The van der Waals surface area contributed by atoms with Crippen molar-refractivity contribution in [3.05, 3.63) is 29.6 Å². The molecular weight excluding hydrogens is 227 g/mol. The van der Waals surface area contributed by atoms with E-state index in [9.17, 15) is 4.39 Å². The van der Waals surface area contributed by atoms with E-state index in [4.69, 9.17) is 5.73 Å². The predicted molar refractivity (Wildman–Crippen MR) is 76.3 cm³/mol. The lowest BCUT2D eigenvalue weighted by molar-refractivity contribution is 0.501. The van der Waals surface area contributed by atoms with Gasteiger partial charge in [-0.25, -0.2) is 4.39 Å². The van der Waals surface area contributed by atoms with Crippen molar-refractivity contribution < 1.29 is 4.39 Å². The molecule has 0 bridgehead atoms. The summed E-state index contributed by atoms with van der Waals surface area (Å²) >= 11 is 0. The van der Waals surface area contributed by atoms with Crippen LogP contribution in [0.25, 0.3) is 0 Å². The number of anilines is 1. The minimum absolute atomic E-state index is 0.217. The molecule has 1 aromatic carbocycles. The number of nitrogens with two attached hydrogens (primary N) is 1. The fourth-order valence-corrected chi connectivity index (χ4v) is 2.36. The summed E-state index contributed by atoms with van der Waals surface area (Å²) < 4.78 is 13.9. The average molecular weight is 252 g/mol. The van der Waals surface area contributed by atoms with Gasteiger partial charge in [-0.2, -0.15) is 0 Å². The molecule has 0 fully saturated rings. The lowest BCUT2D eigenvalue weighted by Crippen LogP contribution is -2.31. The quantitative estimate of drug-likeness (QED) is 0.865. The molecule has 1 aromatic rings. The van der Waals surface area contributed by atoms with Crippen molar-refractivity contribution in [2.45, 2.75) is 46.2 Å². The van der Waals surface area contributed by atoms with Crippen LogP contribution in [0.4, 0.5) is 10.1 Å². The molecular formula is C15H25FN2. The second-order valence-corrected chi connectivity index (χ2v) is 5.55. The van der Waals surface area contributed by atoms with E-state index in [0.717, 1.165) is 12.1 Å². The third-order valence-electron chi connectivity index (χ3n) is 3.34. The summed E-state index contributed by atoms with van der Waals surface area (Å²) in [7, 11) is 2.01. The van der Waals surface area contributed by atoms with Gasteiger partial charge in [0.15, 0.2) is 0 Å². The molecule has 0 aliphatic carbocycles. The lowest BCUT2D eigenvalue weighted by atomic mass is 10.0. The molecule has 0 aliphatic rings. The van der Waals surface area contributed by atoms with Gasteiger partial charge in [-0.1, -0.05) is 19.9 Å². The highest BCUT2D eigenvalue weighted by Crippen LogP contribution is 2.29. The summed E-state index contributed by atoms with van der Waals surface area (Å²) in [5.41, 5.74) is 7.40. The molecule has 1 rings (SSSR count). The lowest BCUT2D eigenvalue weighted by Gasteiger charge is -2.31. The van der Waals surface area contributed by atoms with Crippen molar-refractivity contribution in [3.8, 4) is 0 Å². The Kier molecular flexibility index (Phi) is 5.15. The van der Waals surface area contributed by atoms with E-state index in [1.54, 1.807) is 6.07 Å². The molecule has 0 aromatic heterocycles. The summed E-state index contributed by atoms with van der Waals surface area (Å²) in [5.74, 6) is 0.404. The van der Waals surface area contributed by atoms with Crippen molar-refractivity contribution in [2.75, 3.05) is 11.9 Å². The van der Waals surface area contributed by atoms with Crippen LogP contribution in [0.15, 0.2) is 18.2 Å². The van der Waals surface area contributed by atoms with Gasteiger partial charge in [0.05, 0.1) is 0 Å². The second kappa shape index (κ2) is 6.19. The number of hydrogen-bond acceptors (Lipinski definition) is 2. The monoisotopic (exact) mass is 252 g/mol. The third-order valence-corrected chi connectivity index (χ3v) is 3.34. The Labute approximate surface area is 110 Å². The first-order valence-electron chi connectivity index (χ1n) is 6.61. The Morgan fingerprint density at radius 2 is 1.83 bits per heavy atom. The van der Waals surface area contributed by atoms with Crippen LogP contribution in [0.2, 0.25) is 0 Å². The molecule has 2 nitrogen and oxygen atoms in total. The van der Waals surface area contributed by atoms with Gasteiger partial charge in [0.1, 0.15) is 5.82 Å². The zero-order chi connectivity index (χ0) is 13.9. The maximum atomic E-state index is 13.9. The summed E-state index contributed by atoms with van der Waals surface area (Å²) in [6.45, 7) is 8.38. The summed E-state index contributed by atoms with van der Waals surface area (Å²) in [6.07, 6.45) is 1.07. The van der Waals surface area contributed by atoms with E-state index >= 15 is 0 Å². The Balaban J connectivity index is 3.05. The normalized spacial score (nSPS) is 14.7. The highest BCUT2D eigenvalue weighted by Gasteiger charge is 2.19. The van der Waals surface area contributed by atoms with Gasteiger partial charge in [0.25, 0.3) is 0 Å². The van der Waals surface area contributed by atoms with E-state index < -0.39 is 0 Å². The van der Waals surface area contributed by atoms with Gasteiger partial charge >= 0.3 is 0 Å². The van der Waals surface area contributed by atoms with E-state index in [0.29, 0.717) is 17.5 Å². The van der Waals surface area contributed by atoms with Gasteiger partial charge in [0.2, 0.25) is 0 Å². The molecule has 2 atom stereocenters. The van der Waals surface area contributed by atoms with Crippen LogP contribution in [0.3, 0.4) is 0 Å². The Morgan fingerprint density at radius 1 is 1.22 bits per heavy atom. The topological polar surface area (TPSA) is 29.3 Å². The molecule has 0 heterocycles. The fraction of sp³-hybridized carbons (Fsp3) is 0.600.